The smallest absolute Gasteiger partial charge is 0.0375 e. The average molecular weight is 219 g/mol. The first kappa shape index (κ1) is 14.1. The third kappa shape index (κ3) is 6.55. The number of hydrogen-bond acceptors (Lipinski definition) is 2. The van der Waals surface area contributed by atoms with Gasteiger partial charge in [-0.1, -0.05) is 6.92 Å². The molecule has 0 saturated carbocycles. The molecule has 0 saturated heterocycles. The zero-order valence-corrected chi connectivity index (χ0v) is 11.0. The van der Waals surface area contributed by atoms with Crippen molar-refractivity contribution in [3.63, 3.8) is 0 Å². The number of hydrogen-bond donors (Lipinski definition) is 1. The van der Waals surface area contributed by atoms with Gasteiger partial charge in [-0.2, -0.15) is 0 Å². The second-order valence-electron chi connectivity index (χ2n) is 4.76. The molecule has 0 spiro atoms. The van der Waals surface area contributed by atoms with Crippen molar-refractivity contribution in [1.82, 2.24) is 5.32 Å². The minimum Gasteiger partial charge on any atom is -0.315 e. The molecule has 0 aliphatic rings. The Bertz CT molecular complexity index is 175. The van der Waals surface area contributed by atoms with E-state index in [1.165, 1.54) is 0 Å². The molecule has 0 bridgehead atoms. The Balaban J connectivity index is 3.59. The number of rotatable bonds is 6. The molecule has 0 rings (SSSR count). The lowest BCUT2D eigenvalue weighted by atomic mass is 10.2. The van der Waals surface area contributed by atoms with Crippen LogP contribution in [-0.4, -0.2) is 27.3 Å². The fourth-order valence-corrected chi connectivity index (χ4v) is 2.32. The maximum absolute atomic E-state index is 11.7. The molecule has 1 N–H and O–H groups in total. The lowest BCUT2D eigenvalue weighted by Crippen LogP contribution is -2.28. The van der Waals surface area contributed by atoms with Gasteiger partial charge in [0.25, 0.3) is 0 Å². The third-order valence-corrected chi connectivity index (χ3v) is 4.23. The number of nitrogens with one attached hydrogen (secondary N) is 1. The van der Waals surface area contributed by atoms with E-state index in [0.29, 0.717) is 6.04 Å². The predicted octanol–water partition coefficient (Wildman–Crippen LogP) is 2.31. The van der Waals surface area contributed by atoms with Crippen LogP contribution in [0.15, 0.2) is 0 Å². The summed E-state index contributed by atoms with van der Waals surface area (Å²) < 4.78 is 11.6. The Morgan fingerprint density at radius 2 is 1.93 bits per heavy atom. The van der Waals surface area contributed by atoms with Gasteiger partial charge in [-0.25, -0.2) is 0 Å². The Kier molecular flexibility index (Phi) is 6.62. The average Bonchev–Trinajstić information content (AvgIpc) is 2.02. The summed E-state index contributed by atoms with van der Waals surface area (Å²) in [5.74, 6) is 0.833. The Hall–Kier alpha value is 0.110. The molecule has 0 aliphatic carbocycles. The van der Waals surface area contributed by atoms with Crippen molar-refractivity contribution in [2.24, 2.45) is 0 Å². The van der Waals surface area contributed by atoms with Crippen molar-refractivity contribution in [1.29, 1.82) is 0 Å². The first-order chi connectivity index (χ1) is 6.38. The molecule has 0 amide bonds. The van der Waals surface area contributed by atoms with Gasteiger partial charge in [0.05, 0.1) is 0 Å². The van der Waals surface area contributed by atoms with E-state index in [0.717, 1.165) is 25.1 Å². The Morgan fingerprint density at radius 1 is 1.36 bits per heavy atom. The summed E-state index contributed by atoms with van der Waals surface area (Å²) in [4.78, 5) is 0. The lowest BCUT2D eigenvalue weighted by Gasteiger charge is -2.18. The van der Waals surface area contributed by atoms with Crippen LogP contribution < -0.4 is 5.32 Å². The summed E-state index contributed by atoms with van der Waals surface area (Å²) in [6, 6.07) is 0.553. The van der Waals surface area contributed by atoms with E-state index in [9.17, 15) is 4.21 Å². The summed E-state index contributed by atoms with van der Waals surface area (Å²) in [7, 11) is -0.685. The van der Waals surface area contributed by atoms with E-state index in [2.05, 4.69) is 19.2 Å². The molecule has 86 valence electrons. The van der Waals surface area contributed by atoms with E-state index in [1.807, 2.05) is 20.8 Å². The largest absolute Gasteiger partial charge is 0.315 e. The van der Waals surface area contributed by atoms with Crippen molar-refractivity contribution in [2.45, 2.75) is 58.2 Å². The van der Waals surface area contributed by atoms with Crippen LogP contribution in [0.3, 0.4) is 0 Å². The van der Waals surface area contributed by atoms with Gasteiger partial charge < -0.3 is 5.32 Å². The lowest BCUT2D eigenvalue weighted by molar-refractivity contribution is 0.523. The highest BCUT2D eigenvalue weighted by Gasteiger charge is 2.18. The topological polar surface area (TPSA) is 29.1 Å². The maximum Gasteiger partial charge on any atom is 0.0375 e. The molecule has 2 atom stereocenters. The molecule has 3 heteroatoms. The van der Waals surface area contributed by atoms with Crippen molar-refractivity contribution in [3.8, 4) is 0 Å². The van der Waals surface area contributed by atoms with Gasteiger partial charge in [0, 0.05) is 27.3 Å². The molecule has 0 aromatic heterocycles. The van der Waals surface area contributed by atoms with Crippen molar-refractivity contribution < 1.29 is 4.21 Å². The van der Waals surface area contributed by atoms with Crippen LogP contribution in [0.1, 0.15) is 47.5 Å². The van der Waals surface area contributed by atoms with E-state index in [1.54, 1.807) is 0 Å². The fourth-order valence-electron chi connectivity index (χ4n) is 1.28. The van der Waals surface area contributed by atoms with E-state index in [-0.39, 0.29) is 4.75 Å². The zero-order valence-electron chi connectivity index (χ0n) is 10.2. The molecule has 0 aromatic carbocycles. The molecule has 14 heavy (non-hydrogen) atoms. The van der Waals surface area contributed by atoms with Gasteiger partial charge in [-0.3, -0.25) is 4.21 Å². The normalized spacial score (nSPS) is 16.6. The van der Waals surface area contributed by atoms with Crippen LogP contribution in [0.4, 0.5) is 0 Å². The van der Waals surface area contributed by atoms with Crippen molar-refractivity contribution >= 4 is 10.8 Å². The van der Waals surface area contributed by atoms with Crippen LogP contribution in [0, 0.1) is 0 Å². The predicted molar refractivity (Wildman–Crippen MR) is 65.1 cm³/mol. The molecular formula is C11H25NOS. The van der Waals surface area contributed by atoms with Gasteiger partial charge in [0.1, 0.15) is 0 Å². The van der Waals surface area contributed by atoms with E-state index in [4.69, 9.17) is 0 Å². The summed E-state index contributed by atoms with van der Waals surface area (Å²) >= 11 is 0. The molecule has 0 fully saturated rings. The Labute approximate surface area is 91.3 Å². The van der Waals surface area contributed by atoms with Gasteiger partial charge in [0.15, 0.2) is 0 Å². The quantitative estimate of drug-likeness (QED) is 0.743. The summed E-state index contributed by atoms with van der Waals surface area (Å²) in [6.45, 7) is 11.4. The summed E-state index contributed by atoms with van der Waals surface area (Å²) in [6.07, 6.45) is 2.17. The first-order valence-corrected chi connectivity index (χ1v) is 6.81. The maximum atomic E-state index is 11.7. The Morgan fingerprint density at radius 3 is 2.36 bits per heavy atom. The summed E-state index contributed by atoms with van der Waals surface area (Å²) in [5.41, 5.74) is 0. The minimum atomic E-state index is -0.685. The second kappa shape index (κ2) is 6.57. The second-order valence-corrected chi connectivity index (χ2v) is 7.09. The summed E-state index contributed by atoms with van der Waals surface area (Å²) in [5, 5.41) is 3.36. The van der Waals surface area contributed by atoms with Gasteiger partial charge >= 0.3 is 0 Å². The van der Waals surface area contributed by atoms with E-state index >= 15 is 0 Å². The monoisotopic (exact) mass is 219 g/mol. The van der Waals surface area contributed by atoms with Gasteiger partial charge in [-0.05, 0) is 47.1 Å². The molecule has 0 aliphatic heterocycles. The van der Waals surface area contributed by atoms with Crippen molar-refractivity contribution in [3.05, 3.63) is 0 Å². The zero-order chi connectivity index (χ0) is 11.2. The standard InChI is InChI=1S/C11H25NOS/c1-6-12-10(2)8-7-9-14(13)11(3,4)5/h10,12H,6-9H2,1-5H3. The van der Waals surface area contributed by atoms with Gasteiger partial charge in [0.2, 0.25) is 0 Å². The SMILES string of the molecule is CCNC(C)CCCS(=O)C(C)(C)C. The molecule has 0 heterocycles. The minimum absolute atomic E-state index is 0.0541. The highest BCUT2D eigenvalue weighted by atomic mass is 32.2. The van der Waals surface area contributed by atoms with Gasteiger partial charge in [-0.15, -0.1) is 0 Å². The first-order valence-electron chi connectivity index (χ1n) is 5.49. The van der Waals surface area contributed by atoms with Crippen molar-refractivity contribution in [2.75, 3.05) is 12.3 Å². The molecule has 2 nitrogen and oxygen atoms in total. The molecule has 0 aromatic rings. The van der Waals surface area contributed by atoms with Crippen LogP contribution >= 0.6 is 0 Å². The van der Waals surface area contributed by atoms with Crippen LogP contribution in [0.25, 0.3) is 0 Å². The third-order valence-electron chi connectivity index (χ3n) is 2.20. The fraction of sp³-hybridized carbons (Fsp3) is 1.00. The molecule has 0 radical (unpaired) electrons. The van der Waals surface area contributed by atoms with E-state index < -0.39 is 10.8 Å². The van der Waals surface area contributed by atoms with Crippen LogP contribution in [0.2, 0.25) is 0 Å². The highest BCUT2D eigenvalue weighted by molar-refractivity contribution is 7.86. The molecular weight excluding hydrogens is 194 g/mol. The highest BCUT2D eigenvalue weighted by Crippen LogP contribution is 2.13. The van der Waals surface area contributed by atoms with Crippen LogP contribution in [0.5, 0.6) is 0 Å². The molecule has 2 unspecified atom stereocenters. The van der Waals surface area contributed by atoms with Crippen LogP contribution in [-0.2, 0) is 10.8 Å².